The quantitative estimate of drug-likeness (QED) is 0.244. The number of aromatic amines is 1. The molecule has 0 saturated carbocycles. The van der Waals surface area contributed by atoms with Crippen LogP contribution in [-0.4, -0.2) is 20.9 Å². The highest BCUT2D eigenvalue weighted by Gasteiger charge is 2.61. The van der Waals surface area contributed by atoms with Crippen molar-refractivity contribution < 1.29 is 14.8 Å². The minimum absolute atomic E-state index is 0.179. The average Bonchev–Trinajstić information content (AvgIpc) is 3.33. The fourth-order valence-electron chi connectivity index (χ4n) is 3.69. The molecule has 2 aromatic carbocycles. The second kappa shape index (κ2) is 6.78. The predicted molar refractivity (Wildman–Crippen MR) is 118 cm³/mol. The number of hydrazine groups is 1. The van der Waals surface area contributed by atoms with Gasteiger partial charge in [-0.3, -0.25) is 25.8 Å². The van der Waals surface area contributed by atoms with Gasteiger partial charge in [-0.25, -0.2) is 0 Å². The van der Waals surface area contributed by atoms with Gasteiger partial charge in [-0.2, -0.15) is 5.11 Å². The maximum absolute atomic E-state index is 12.8. The van der Waals surface area contributed by atoms with E-state index in [1.807, 2.05) is 0 Å². The van der Waals surface area contributed by atoms with Crippen molar-refractivity contribution in [3.8, 4) is 5.88 Å². The highest BCUT2D eigenvalue weighted by Crippen LogP contribution is 2.49. The maximum atomic E-state index is 12.8. The molecule has 2 aliphatic rings. The van der Waals surface area contributed by atoms with Crippen LogP contribution in [0.15, 0.2) is 67.1 Å². The molecule has 3 aromatic rings. The number of amides is 1. The number of carbonyl (C=O) groups excluding carboxylic acids is 1. The summed E-state index contributed by atoms with van der Waals surface area (Å²) in [4.78, 5) is 26.9. The van der Waals surface area contributed by atoms with E-state index in [0.29, 0.717) is 26.6 Å². The lowest BCUT2D eigenvalue weighted by Crippen LogP contribution is -2.37. The van der Waals surface area contributed by atoms with E-state index in [0.717, 1.165) is 4.47 Å². The lowest BCUT2D eigenvalue weighted by molar-refractivity contribution is -0.434. The molecule has 5 rings (SSSR count). The van der Waals surface area contributed by atoms with Crippen LogP contribution in [0.3, 0.4) is 0 Å². The first-order chi connectivity index (χ1) is 14.8. The number of carbonyl (C=O) groups is 1. The predicted octanol–water partition coefficient (Wildman–Crippen LogP) is 4.07. The summed E-state index contributed by atoms with van der Waals surface area (Å²) in [7, 11) is 0. The molecule has 0 radical (unpaired) electrons. The van der Waals surface area contributed by atoms with Gasteiger partial charge in [0.15, 0.2) is 0 Å². The zero-order valence-electron chi connectivity index (χ0n) is 15.2. The Kier molecular flexibility index (Phi) is 4.27. The van der Waals surface area contributed by atoms with Crippen molar-refractivity contribution in [3.63, 3.8) is 0 Å². The third-order valence-electron chi connectivity index (χ3n) is 5.04. The second-order valence-electron chi connectivity index (χ2n) is 6.80. The van der Waals surface area contributed by atoms with Crippen LogP contribution < -0.4 is 16.2 Å². The molecule has 0 aliphatic carbocycles. The van der Waals surface area contributed by atoms with E-state index in [4.69, 9.17) is 0 Å². The van der Waals surface area contributed by atoms with Crippen molar-refractivity contribution in [3.05, 3.63) is 72.5 Å². The summed E-state index contributed by atoms with van der Waals surface area (Å²) in [5, 5.41) is 33.4. The van der Waals surface area contributed by atoms with E-state index in [1.54, 1.807) is 36.4 Å². The van der Waals surface area contributed by atoms with Gasteiger partial charge in [0.2, 0.25) is 11.7 Å². The van der Waals surface area contributed by atoms with Crippen LogP contribution >= 0.6 is 31.9 Å². The Morgan fingerprint density at radius 1 is 1.13 bits per heavy atom. The van der Waals surface area contributed by atoms with Crippen molar-refractivity contribution in [1.29, 1.82) is 0 Å². The van der Waals surface area contributed by atoms with Gasteiger partial charge in [-0.1, -0.05) is 31.9 Å². The molecule has 1 aromatic heterocycles. The molecule has 1 spiro atoms. The molecule has 31 heavy (non-hydrogen) atoms. The highest BCUT2D eigenvalue weighted by atomic mass is 79.9. The Balaban J connectivity index is 1.57. The van der Waals surface area contributed by atoms with Crippen LogP contribution in [0, 0.1) is 10.1 Å². The van der Waals surface area contributed by atoms with Crippen LogP contribution in [0.25, 0.3) is 10.9 Å². The Labute approximate surface area is 190 Å². The zero-order chi connectivity index (χ0) is 21.9. The fourth-order valence-corrected chi connectivity index (χ4v) is 4.41. The molecular formula is C18H11Br2N7O4. The first-order valence-corrected chi connectivity index (χ1v) is 10.4. The van der Waals surface area contributed by atoms with Gasteiger partial charge in [-0.05, 0) is 36.4 Å². The van der Waals surface area contributed by atoms with Crippen LogP contribution in [-0.2, 0) is 10.3 Å². The third-order valence-corrected chi connectivity index (χ3v) is 6.03. The number of nitrogens with zero attached hydrogens (tertiary/aromatic N) is 3. The Morgan fingerprint density at radius 2 is 1.87 bits per heavy atom. The summed E-state index contributed by atoms with van der Waals surface area (Å²) in [6, 6.07) is 10.2. The second-order valence-corrected chi connectivity index (χ2v) is 8.63. The maximum Gasteiger partial charge on any atom is 0.335 e. The molecule has 1 unspecified atom stereocenters. The van der Waals surface area contributed by atoms with Gasteiger partial charge in [0, 0.05) is 25.6 Å². The van der Waals surface area contributed by atoms with E-state index < -0.39 is 22.1 Å². The van der Waals surface area contributed by atoms with E-state index in [9.17, 15) is 20.0 Å². The summed E-state index contributed by atoms with van der Waals surface area (Å²) in [5.41, 5.74) is 4.54. The smallest absolute Gasteiger partial charge is 0.335 e. The van der Waals surface area contributed by atoms with Gasteiger partial charge < -0.3 is 15.4 Å². The number of aromatic nitrogens is 1. The molecule has 0 bridgehead atoms. The number of hydrogen-bond acceptors (Lipinski definition) is 8. The molecule has 0 saturated heterocycles. The zero-order valence-corrected chi connectivity index (χ0v) is 18.4. The van der Waals surface area contributed by atoms with Crippen LogP contribution in [0.5, 0.6) is 5.88 Å². The van der Waals surface area contributed by atoms with Gasteiger partial charge in [0.1, 0.15) is 5.69 Å². The van der Waals surface area contributed by atoms with Crippen LogP contribution in [0.4, 0.5) is 11.4 Å². The first kappa shape index (κ1) is 19.5. The van der Waals surface area contributed by atoms with Crippen molar-refractivity contribution >= 4 is 60.0 Å². The molecular weight excluding hydrogens is 538 g/mol. The number of rotatable bonds is 4. The number of benzene rings is 2. The van der Waals surface area contributed by atoms with E-state index in [1.165, 1.54) is 0 Å². The Morgan fingerprint density at radius 3 is 2.65 bits per heavy atom. The van der Waals surface area contributed by atoms with Gasteiger partial charge in [0.05, 0.1) is 10.4 Å². The lowest BCUT2D eigenvalue weighted by Gasteiger charge is -2.15. The number of hydrogen-bond donors (Lipinski definition) is 5. The number of halogens is 2. The van der Waals surface area contributed by atoms with Crippen molar-refractivity contribution in [1.82, 2.24) is 10.4 Å². The van der Waals surface area contributed by atoms with Crippen molar-refractivity contribution in [2.75, 3.05) is 10.7 Å². The molecule has 5 N–H and O–H groups in total. The minimum Gasteiger partial charge on any atom is -0.493 e. The molecule has 1 atom stereocenters. The van der Waals surface area contributed by atoms with Crippen LogP contribution in [0.1, 0.15) is 5.56 Å². The van der Waals surface area contributed by atoms with Gasteiger partial charge in [0.25, 0.3) is 11.4 Å². The number of fused-ring (bicyclic) bond motifs is 3. The molecule has 3 heterocycles. The Bertz CT molecular complexity index is 1370. The average molecular weight is 549 g/mol. The normalized spacial score (nSPS) is 19.2. The third kappa shape index (κ3) is 2.80. The minimum atomic E-state index is -1.92. The summed E-state index contributed by atoms with van der Waals surface area (Å²) in [6.07, 6.45) is 0. The first-order valence-electron chi connectivity index (χ1n) is 8.77. The number of nitrogens with one attached hydrogen (secondary N) is 4. The molecule has 156 valence electrons. The lowest BCUT2D eigenvalue weighted by atomic mass is 9.89. The molecule has 13 heteroatoms. The van der Waals surface area contributed by atoms with Crippen molar-refractivity contribution in [2.24, 2.45) is 10.2 Å². The number of aromatic hydroxyl groups is 1. The standard InChI is InChI=1S/C18H11Br2N7O4/c19-7-1-3-11-9(5-7)13(16(28)21-11)23-24-15-14(27(30)31)18(26-25-15)10-6-8(20)2-4-12(10)22-17(18)29/h1-6,21,23-24,28H,(H,22,29). The van der Waals surface area contributed by atoms with E-state index in [-0.39, 0.29) is 17.4 Å². The topological polar surface area (TPSA) is 157 Å². The number of H-pyrrole nitrogens is 1. The summed E-state index contributed by atoms with van der Waals surface area (Å²) in [5.74, 6) is -1.11. The monoisotopic (exact) mass is 547 g/mol. The van der Waals surface area contributed by atoms with Crippen molar-refractivity contribution in [2.45, 2.75) is 5.54 Å². The highest BCUT2D eigenvalue weighted by molar-refractivity contribution is 9.10. The molecule has 1 amide bonds. The Hall–Kier alpha value is -3.45. The van der Waals surface area contributed by atoms with Crippen LogP contribution in [0.2, 0.25) is 0 Å². The van der Waals surface area contributed by atoms with Gasteiger partial charge in [-0.15, -0.1) is 5.11 Å². The molecule has 11 nitrogen and oxygen atoms in total. The number of anilines is 2. The number of azo groups is 1. The van der Waals surface area contributed by atoms with E-state index >= 15 is 0 Å². The summed E-state index contributed by atoms with van der Waals surface area (Å²) < 4.78 is 1.41. The molecule has 2 aliphatic heterocycles. The molecule has 0 fully saturated rings. The largest absolute Gasteiger partial charge is 0.493 e. The van der Waals surface area contributed by atoms with E-state index in [2.05, 4.69) is 63.2 Å². The SMILES string of the molecule is O=C1Nc2ccc(Br)cc2C12N=NC(NNc1c(O)[nH]c3ccc(Br)cc13)=C2[N+](=O)[O-]. The van der Waals surface area contributed by atoms with Gasteiger partial charge >= 0.3 is 5.70 Å². The summed E-state index contributed by atoms with van der Waals surface area (Å²) in [6.45, 7) is 0. The summed E-state index contributed by atoms with van der Waals surface area (Å²) >= 11 is 6.69. The number of nitro groups is 1. The fraction of sp³-hybridized carbons (Fsp3) is 0.0556.